The average Bonchev–Trinajstić information content (AvgIpc) is 3.03. The number of aromatic nitrogens is 1. The van der Waals surface area contributed by atoms with Gasteiger partial charge in [-0.15, -0.1) is 0 Å². The highest BCUT2D eigenvalue weighted by molar-refractivity contribution is 7.82. The van der Waals surface area contributed by atoms with Crippen molar-refractivity contribution < 1.29 is 23.8 Å². The lowest BCUT2D eigenvalue weighted by Crippen LogP contribution is -2.28. The van der Waals surface area contributed by atoms with Gasteiger partial charge < -0.3 is 14.8 Å². The first-order valence-electron chi connectivity index (χ1n) is 7.71. The Labute approximate surface area is 153 Å². The summed E-state index contributed by atoms with van der Waals surface area (Å²) in [6.45, 7) is -0.0187. The van der Waals surface area contributed by atoms with Crippen LogP contribution in [0.25, 0.3) is 10.9 Å². The van der Waals surface area contributed by atoms with Gasteiger partial charge in [-0.2, -0.15) is 0 Å². The van der Waals surface area contributed by atoms with E-state index in [-0.39, 0.29) is 12.2 Å². The normalized spacial score (nSPS) is 11.9. The molecule has 0 amide bonds. The Morgan fingerprint density at radius 1 is 1.19 bits per heavy atom. The Balaban J connectivity index is 1.94. The maximum atomic E-state index is 13.6. The van der Waals surface area contributed by atoms with Crippen LogP contribution in [0.3, 0.4) is 0 Å². The summed E-state index contributed by atoms with van der Waals surface area (Å²) in [7, 11) is 0. The van der Waals surface area contributed by atoms with Crippen LogP contribution in [0, 0.1) is 5.82 Å². The number of thiocarbonyl (C=S) groups is 1. The van der Waals surface area contributed by atoms with Gasteiger partial charge in [0.15, 0.2) is 0 Å². The molecule has 0 spiro atoms. The average molecular weight is 371 g/mol. The molecule has 0 radical (unpaired) electrons. The Morgan fingerprint density at radius 2 is 1.92 bits per heavy atom. The number of carbonyl (C=O) groups excluding carboxylic acids is 1. The fourth-order valence-electron chi connectivity index (χ4n) is 2.66. The smallest absolute Gasteiger partial charge is 0.343 e. The molecule has 7 heteroatoms. The Morgan fingerprint density at radius 3 is 2.62 bits per heavy atom. The SMILES string of the molecule is O=C(O)C(=S)C(C(=O)OCc1ccccc1)c1c[nH]c2ccc(F)cc12. The number of aromatic amines is 1. The molecule has 1 heterocycles. The molecule has 132 valence electrons. The number of carbonyl (C=O) groups is 2. The van der Waals surface area contributed by atoms with Crippen molar-refractivity contribution >= 4 is 39.9 Å². The molecule has 0 aliphatic carbocycles. The number of nitrogens with one attached hydrogen (secondary N) is 1. The molecule has 1 atom stereocenters. The minimum Gasteiger partial charge on any atom is -0.477 e. The van der Waals surface area contributed by atoms with Gasteiger partial charge in [0, 0.05) is 17.1 Å². The molecule has 0 aliphatic rings. The first-order chi connectivity index (χ1) is 12.5. The first-order valence-corrected chi connectivity index (χ1v) is 8.12. The van der Waals surface area contributed by atoms with E-state index in [9.17, 15) is 19.1 Å². The third-order valence-electron chi connectivity index (χ3n) is 3.92. The third kappa shape index (κ3) is 3.62. The van der Waals surface area contributed by atoms with Crippen molar-refractivity contribution in [3.8, 4) is 0 Å². The maximum Gasteiger partial charge on any atom is 0.343 e. The summed E-state index contributed by atoms with van der Waals surface area (Å²) < 4.78 is 18.9. The third-order valence-corrected chi connectivity index (χ3v) is 4.33. The maximum absolute atomic E-state index is 13.6. The second-order valence-electron chi connectivity index (χ2n) is 5.63. The Kier molecular flexibility index (Phi) is 5.09. The highest BCUT2D eigenvalue weighted by Gasteiger charge is 2.33. The number of ether oxygens (including phenoxy) is 1. The quantitative estimate of drug-likeness (QED) is 0.511. The van der Waals surface area contributed by atoms with E-state index < -0.39 is 28.5 Å². The summed E-state index contributed by atoms with van der Waals surface area (Å²) in [6, 6.07) is 13.0. The molecule has 0 saturated heterocycles. The standard InChI is InChI=1S/C19H14FNO4S/c20-12-6-7-15-13(8-12)14(9-21-15)16(17(26)18(22)23)19(24)25-10-11-4-2-1-3-5-11/h1-9,16,21H,10H2,(H,22,23). The van der Waals surface area contributed by atoms with Gasteiger partial charge in [0.1, 0.15) is 23.2 Å². The summed E-state index contributed by atoms with van der Waals surface area (Å²) in [6.07, 6.45) is 1.45. The fraction of sp³-hybridized carbons (Fsp3) is 0.105. The van der Waals surface area contributed by atoms with E-state index in [1.807, 2.05) is 6.07 Å². The minimum absolute atomic E-state index is 0.0187. The van der Waals surface area contributed by atoms with Crippen molar-refractivity contribution in [2.24, 2.45) is 0 Å². The lowest BCUT2D eigenvalue weighted by Gasteiger charge is -2.15. The molecular formula is C19H14FNO4S. The number of hydrogen-bond acceptors (Lipinski definition) is 4. The monoisotopic (exact) mass is 371 g/mol. The molecule has 26 heavy (non-hydrogen) atoms. The Hall–Kier alpha value is -3.06. The summed E-state index contributed by atoms with van der Waals surface area (Å²) in [5.74, 6) is -4.02. The molecular weight excluding hydrogens is 357 g/mol. The van der Waals surface area contributed by atoms with Crippen LogP contribution in [0.5, 0.6) is 0 Å². The van der Waals surface area contributed by atoms with Crippen molar-refractivity contribution in [3.05, 3.63) is 71.7 Å². The number of aliphatic carboxylic acids is 1. The largest absolute Gasteiger partial charge is 0.477 e. The topological polar surface area (TPSA) is 79.4 Å². The van der Waals surface area contributed by atoms with E-state index in [0.29, 0.717) is 10.9 Å². The lowest BCUT2D eigenvalue weighted by atomic mass is 9.95. The van der Waals surface area contributed by atoms with Gasteiger partial charge in [-0.25, -0.2) is 9.18 Å². The van der Waals surface area contributed by atoms with E-state index in [4.69, 9.17) is 17.0 Å². The van der Waals surface area contributed by atoms with Crippen molar-refractivity contribution in [1.82, 2.24) is 4.98 Å². The van der Waals surface area contributed by atoms with Gasteiger partial charge in [-0.05, 0) is 29.3 Å². The molecule has 1 unspecified atom stereocenters. The molecule has 0 bridgehead atoms. The molecule has 0 fully saturated rings. The first kappa shape index (κ1) is 17.8. The number of hydrogen-bond donors (Lipinski definition) is 2. The summed E-state index contributed by atoms with van der Waals surface area (Å²) >= 11 is 4.94. The van der Waals surface area contributed by atoms with E-state index >= 15 is 0 Å². The van der Waals surface area contributed by atoms with Crippen LogP contribution in [-0.4, -0.2) is 26.9 Å². The van der Waals surface area contributed by atoms with Crippen molar-refractivity contribution in [2.75, 3.05) is 0 Å². The predicted molar refractivity (Wildman–Crippen MR) is 97.5 cm³/mol. The number of benzene rings is 2. The van der Waals surface area contributed by atoms with Crippen LogP contribution in [0.4, 0.5) is 4.39 Å². The highest BCUT2D eigenvalue weighted by Crippen LogP contribution is 2.29. The van der Waals surface area contributed by atoms with Gasteiger partial charge in [0.2, 0.25) is 0 Å². The van der Waals surface area contributed by atoms with Gasteiger partial charge >= 0.3 is 11.9 Å². The van der Waals surface area contributed by atoms with E-state index in [2.05, 4.69) is 4.98 Å². The molecule has 2 aromatic carbocycles. The summed E-state index contributed by atoms with van der Waals surface area (Å²) in [4.78, 5) is 26.4. The molecule has 3 aromatic rings. The lowest BCUT2D eigenvalue weighted by molar-refractivity contribution is -0.145. The van der Waals surface area contributed by atoms with Crippen molar-refractivity contribution in [3.63, 3.8) is 0 Å². The van der Waals surface area contributed by atoms with Gasteiger partial charge in [-0.1, -0.05) is 42.5 Å². The molecule has 0 saturated carbocycles. The number of esters is 1. The van der Waals surface area contributed by atoms with Crippen molar-refractivity contribution in [1.29, 1.82) is 0 Å². The zero-order chi connectivity index (χ0) is 18.7. The molecule has 2 N–H and O–H groups in total. The predicted octanol–water partition coefficient (Wildman–Crippen LogP) is 3.59. The van der Waals surface area contributed by atoms with Gasteiger partial charge in [0.25, 0.3) is 0 Å². The molecule has 5 nitrogen and oxygen atoms in total. The van der Waals surface area contributed by atoms with E-state index in [1.54, 1.807) is 24.3 Å². The number of carboxylic acids is 1. The van der Waals surface area contributed by atoms with Crippen LogP contribution in [0.1, 0.15) is 17.0 Å². The van der Waals surface area contributed by atoms with Gasteiger partial charge in [0.05, 0.1) is 0 Å². The fourth-order valence-corrected chi connectivity index (χ4v) is 2.89. The number of fused-ring (bicyclic) bond motifs is 1. The molecule has 1 aromatic heterocycles. The second kappa shape index (κ2) is 7.45. The van der Waals surface area contributed by atoms with Crippen LogP contribution in [0.15, 0.2) is 54.7 Å². The zero-order valence-electron chi connectivity index (χ0n) is 13.4. The van der Waals surface area contributed by atoms with Gasteiger partial charge in [-0.3, -0.25) is 4.79 Å². The number of rotatable bonds is 6. The van der Waals surface area contributed by atoms with Crippen LogP contribution in [-0.2, 0) is 20.9 Å². The van der Waals surface area contributed by atoms with E-state index in [1.165, 1.54) is 24.4 Å². The summed E-state index contributed by atoms with van der Waals surface area (Å²) in [5, 5.41) is 9.66. The van der Waals surface area contributed by atoms with Crippen LogP contribution < -0.4 is 0 Å². The van der Waals surface area contributed by atoms with Crippen molar-refractivity contribution in [2.45, 2.75) is 12.5 Å². The van der Waals surface area contributed by atoms with E-state index in [0.717, 1.165) is 5.56 Å². The molecule has 0 aliphatic heterocycles. The zero-order valence-corrected chi connectivity index (χ0v) is 14.3. The summed E-state index contributed by atoms with van der Waals surface area (Å²) in [5.41, 5.74) is 1.59. The molecule has 3 rings (SSSR count). The minimum atomic E-state index is -1.40. The number of halogens is 1. The highest BCUT2D eigenvalue weighted by atomic mass is 32.1. The number of H-pyrrole nitrogens is 1. The van der Waals surface area contributed by atoms with Crippen LogP contribution >= 0.6 is 12.2 Å². The Bertz CT molecular complexity index is 984. The van der Waals surface area contributed by atoms with Crippen LogP contribution in [0.2, 0.25) is 0 Å². The second-order valence-corrected chi connectivity index (χ2v) is 6.07. The number of carboxylic acid groups (broad SMARTS) is 1.